The van der Waals surface area contributed by atoms with Gasteiger partial charge in [0, 0.05) is 24.5 Å². The summed E-state index contributed by atoms with van der Waals surface area (Å²) in [5.41, 5.74) is 2.66. The summed E-state index contributed by atoms with van der Waals surface area (Å²) in [4.78, 5) is 29.8. The third-order valence-electron chi connectivity index (χ3n) is 7.19. The van der Waals surface area contributed by atoms with E-state index in [0.717, 1.165) is 9.87 Å². The maximum atomic E-state index is 14.5. The van der Waals surface area contributed by atoms with Crippen molar-refractivity contribution in [3.05, 3.63) is 131 Å². The maximum Gasteiger partial charge on any atom is 0.264 e. The molecule has 0 aromatic heterocycles. The highest BCUT2D eigenvalue weighted by molar-refractivity contribution is 7.92. The minimum absolute atomic E-state index is 0.0546. The molecule has 1 atom stereocenters. The molecule has 9 heteroatoms. The third kappa shape index (κ3) is 8.49. The van der Waals surface area contributed by atoms with E-state index in [1.165, 1.54) is 17.0 Å². The Balaban J connectivity index is 1.80. The number of rotatable bonds is 13. The predicted molar refractivity (Wildman–Crippen MR) is 176 cm³/mol. The number of nitrogens with one attached hydrogen (secondary N) is 1. The second-order valence-corrected chi connectivity index (χ2v) is 13.4. The van der Waals surface area contributed by atoms with Crippen LogP contribution in [0.5, 0.6) is 0 Å². The van der Waals surface area contributed by atoms with Crippen molar-refractivity contribution < 1.29 is 18.0 Å². The van der Waals surface area contributed by atoms with Crippen LogP contribution in [0.15, 0.2) is 114 Å². The SMILES string of the molecule is Cc1ccccc1N(CC(=O)N(Cc1cccc(Cl)c1)[C@@H](Cc1ccccc1)C(=O)NCC(C)C)S(=O)(=O)c1ccccc1. The van der Waals surface area contributed by atoms with E-state index in [1.54, 1.807) is 61.5 Å². The molecule has 0 aliphatic heterocycles. The highest BCUT2D eigenvalue weighted by atomic mass is 35.5. The average molecular weight is 632 g/mol. The Hall–Kier alpha value is -4.14. The Kier molecular flexibility index (Phi) is 11.2. The Morgan fingerprint density at radius 1 is 0.818 bits per heavy atom. The van der Waals surface area contributed by atoms with Gasteiger partial charge in [0.15, 0.2) is 0 Å². The zero-order valence-electron chi connectivity index (χ0n) is 25.2. The van der Waals surface area contributed by atoms with Gasteiger partial charge in [0.25, 0.3) is 10.0 Å². The summed E-state index contributed by atoms with van der Waals surface area (Å²) in [6.07, 6.45) is 0.243. The first-order valence-electron chi connectivity index (χ1n) is 14.5. The molecule has 4 rings (SSSR count). The minimum atomic E-state index is -4.15. The van der Waals surface area contributed by atoms with Gasteiger partial charge in [-0.15, -0.1) is 0 Å². The van der Waals surface area contributed by atoms with Crippen molar-refractivity contribution >= 4 is 39.1 Å². The largest absolute Gasteiger partial charge is 0.354 e. The Bertz CT molecular complexity index is 1660. The quantitative estimate of drug-likeness (QED) is 0.189. The van der Waals surface area contributed by atoms with Gasteiger partial charge in [-0.3, -0.25) is 13.9 Å². The zero-order chi connectivity index (χ0) is 31.7. The van der Waals surface area contributed by atoms with E-state index >= 15 is 0 Å². The molecule has 0 unspecified atom stereocenters. The Labute approximate surface area is 265 Å². The molecular weight excluding hydrogens is 594 g/mol. The van der Waals surface area contributed by atoms with E-state index in [0.29, 0.717) is 28.4 Å². The molecular formula is C35H38ClN3O4S. The second kappa shape index (κ2) is 15.0. The third-order valence-corrected chi connectivity index (χ3v) is 9.20. The monoisotopic (exact) mass is 631 g/mol. The smallest absolute Gasteiger partial charge is 0.264 e. The molecule has 0 heterocycles. The van der Waals surface area contributed by atoms with Crippen LogP contribution in [0.25, 0.3) is 0 Å². The molecule has 0 radical (unpaired) electrons. The van der Waals surface area contributed by atoms with Crippen LogP contribution in [0.3, 0.4) is 0 Å². The summed E-state index contributed by atoms with van der Waals surface area (Å²) in [5, 5.41) is 3.49. The number of anilines is 1. The van der Waals surface area contributed by atoms with Crippen molar-refractivity contribution in [2.24, 2.45) is 5.92 Å². The Morgan fingerprint density at radius 2 is 1.43 bits per heavy atom. The first-order valence-corrected chi connectivity index (χ1v) is 16.4. The van der Waals surface area contributed by atoms with Gasteiger partial charge in [0.05, 0.1) is 10.6 Å². The molecule has 7 nitrogen and oxygen atoms in total. The summed E-state index contributed by atoms with van der Waals surface area (Å²) >= 11 is 6.30. The van der Waals surface area contributed by atoms with Crippen LogP contribution < -0.4 is 9.62 Å². The number of hydrogen-bond acceptors (Lipinski definition) is 4. The number of aryl methyl sites for hydroxylation is 1. The van der Waals surface area contributed by atoms with Gasteiger partial charge in [-0.1, -0.05) is 104 Å². The molecule has 4 aromatic carbocycles. The molecule has 1 N–H and O–H groups in total. The van der Waals surface area contributed by atoms with E-state index in [1.807, 2.05) is 56.3 Å². The van der Waals surface area contributed by atoms with Gasteiger partial charge in [0.1, 0.15) is 12.6 Å². The summed E-state index contributed by atoms with van der Waals surface area (Å²) in [6, 6.07) is 30.7. The summed E-state index contributed by atoms with van der Waals surface area (Å²) in [7, 11) is -4.15. The van der Waals surface area contributed by atoms with Crippen molar-refractivity contribution in [1.82, 2.24) is 10.2 Å². The standard InChI is InChI=1S/C35H38ClN3O4S/c1-26(2)23-37-35(41)33(22-28-14-6-4-7-15-28)38(24-29-16-12-17-30(36)21-29)34(40)25-39(32-20-11-10-13-27(32)3)44(42,43)31-18-8-5-9-19-31/h4-21,26,33H,22-25H2,1-3H3,(H,37,41)/t33-/m0/s1. The van der Waals surface area contributed by atoms with Crippen LogP contribution in [0.1, 0.15) is 30.5 Å². The summed E-state index contributed by atoms with van der Waals surface area (Å²) in [6.45, 7) is 5.77. The first kappa shape index (κ1) is 32.8. The number of carbonyl (C=O) groups excluding carboxylic acids is 2. The molecule has 0 saturated heterocycles. The molecule has 0 saturated carbocycles. The van der Waals surface area contributed by atoms with Crippen LogP contribution in [-0.2, 0) is 32.6 Å². The number of nitrogens with zero attached hydrogens (tertiary/aromatic N) is 2. The topological polar surface area (TPSA) is 86.8 Å². The van der Waals surface area contributed by atoms with E-state index in [2.05, 4.69) is 5.32 Å². The molecule has 44 heavy (non-hydrogen) atoms. The number of benzene rings is 4. The van der Waals surface area contributed by atoms with Gasteiger partial charge in [0.2, 0.25) is 11.8 Å². The summed E-state index contributed by atoms with van der Waals surface area (Å²) < 4.78 is 29.3. The van der Waals surface area contributed by atoms with E-state index in [9.17, 15) is 18.0 Å². The summed E-state index contributed by atoms with van der Waals surface area (Å²) in [5.74, 6) is -0.638. The number of halogens is 1. The van der Waals surface area contributed by atoms with Gasteiger partial charge in [-0.05, 0) is 59.9 Å². The fourth-order valence-electron chi connectivity index (χ4n) is 4.88. The molecule has 0 fully saturated rings. The molecule has 2 amide bonds. The van der Waals surface area contributed by atoms with E-state index in [-0.39, 0.29) is 29.7 Å². The lowest BCUT2D eigenvalue weighted by Crippen LogP contribution is -2.53. The van der Waals surface area contributed by atoms with Crippen molar-refractivity contribution in [3.63, 3.8) is 0 Å². The zero-order valence-corrected chi connectivity index (χ0v) is 26.8. The minimum Gasteiger partial charge on any atom is -0.354 e. The van der Waals surface area contributed by atoms with E-state index in [4.69, 9.17) is 11.6 Å². The van der Waals surface area contributed by atoms with Crippen LogP contribution in [0.2, 0.25) is 5.02 Å². The van der Waals surface area contributed by atoms with Crippen LogP contribution in [0, 0.1) is 12.8 Å². The molecule has 0 aliphatic rings. The highest BCUT2D eigenvalue weighted by Crippen LogP contribution is 2.28. The normalized spacial score (nSPS) is 12.0. The van der Waals surface area contributed by atoms with Gasteiger partial charge < -0.3 is 10.2 Å². The van der Waals surface area contributed by atoms with Crippen LogP contribution in [0.4, 0.5) is 5.69 Å². The highest BCUT2D eigenvalue weighted by Gasteiger charge is 2.35. The lowest BCUT2D eigenvalue weighted by molar-refractivity contribution is -0.140. The average Bonchev–Trinajstić information content (AvgIpc) is 3.01. The number of amides is 2. The lowest BCUT2D eigenvalue weighted by Gasteiger charge is -2.34. The fraction of sp³-hybridized carbons (Fsp3) is 0.257. The first-order chi connectivity index (χ1) is 21.1. The van der Waals surface area contributed by atoms with Crippen LogP contribution in [-0.4, -0.2) is 44.3 Å². The Morgan fingerprint density at radius 3 is 2.07 bits per heavy atom. The number of para-hydroxylation sites is 1. The van der Waals surface area contributed by atoms with Crippen molar-refractivity contribution in [2.75, 3.05) is 17.4 Å². The fourth-order valence-corrected chi connectivity index (χ4v) is 6.60. The maximum absolute atomic E-state index is 14.5. The van der Waals surface area contributed by atoms with Crippen molar-refractivity contribution in [2.45, 2.75) is 44.7 Å². The molecule has 0 aliphatic carbocycles. The predicted octanol–water partition coefficient (Wildman–Crippen LogP) is 6.26. The van der Waals surface area contributed by atoms with Crippen molar-refractivity contribution in [3.8, 4) is 0 Å². The number of hydrogen-bond donors (Lipinski definition) is 1. The molecule has 4 aromatic rings. The molecule has 230 valence electrons. The van der Waals surface area contributed by atoms with Gasteiger partial charge in [-0.25, -0.2) is 8.42 Å². The van der Waals surface area contributed by atoms with Crippen molar-refractivity contribution in [1.29, 1.82) is 0 Å². The molecule has 0 spiro atoms. The van der Waals surface area contributed by atoms with Gasteiger partial charge >= 0.3 is 0 Å². The van der Waals surface area contributed by atoms with Gasteiger partial charge in [-0.2, -0.15) is 0 Å². The second-order valence-electron chi connectivity index (χ2n) is 11.1. The number of sulfonamides is 1. The van der Waals surface area contributed by atoms with Crippen LogP contribution >= 0.6 is 11.6 Å². The van der Waals surface area contributed by atoms with E-state index < -0.39 is 28.5 Å². The number of carbonyl (C=O) groups is 2. The molecule has 0 bridgehead atoms. The lowest BCUT2D eigenvalue weighted by atomic mass is 10.0.